The lowest BCUT2D eigenvalue weighted by atomic mass is 10.2. The van der Waals surface area contributed by atoms with E-state index in [2.05, 4.69) is 34.7 Å². The van der Waals surface area contributed by atoms with Gasteiger partial charge in [0.2, 0.25) is 0 Å². The molecule has 0 heterocycles. The fraction of sp³-hybridized carbons (Fsp3) is 0.500. The van der Waals surface area contributed by atoms with Crippen molar-refractivity contribution in [1.82, 2.24) is 0 Å². The van der Waals surface area contributed by atoms with Crippen molar-refractivity contribution in [2.75, 3.05) is 23.3 Å². The topological polar surface area (TPSA) is 3.24 Å². The molecule has 0 aliphatic heterocycles. The van der Waals surface area contributed by atoms with Crippen molar-refractivity contribution in [3.05, 3.63) is 30.1 Å². The summed E-state index contributed by atoms with van der Waals surface area (Å²) in [4.78, 5) is 2.19. The predicted octanol–water partition coefficient (Wildman–Crippen LogP) is 3.68. The summed E-state index contributed by atoms with van der Waals surface area (Å²) in [5.74, 6) is 0.394. The van der Waals surface area contributed by atoms with E-state index in [1.54, 1.807) is 12.1 Å². The highest BCUT2D eigenvalue weighted by Crippen LogP contribution is 2.17. The quantitative estimate of drug-likeness (QED) is 0.740. The van der Waals surface area contributed by atoms with Gasteiger partial charge >= 0.3 is 0 Å². The van der Waals surface area contributed by atoms with Crippen LogP contribution in [0.4, 0.5) is 10.1 Å². The summed E-state index contributed by atoms with van der Waals surface area (Å²) in [6.45, 7) is 6.12. The fourth-order valence-electron chi connectivity index (χ4n) is 1.51. The van der Waals surface area contributed by atoms with Gasteiger partial charge in [0, 0.05) is 24.1 Å². The summed E-state index contributed by atoms with van der Waals surface area (Å²) in [5, 5.41) is 0.971. The van der Waals surface area contributed by atoms with E-state index in [-0.39, 0.29) is 5.82 Å². The highest BCUT2D eigenvalue weighted by Gasteiger charge is 2.08. The molecule has 15 heavy (non-hydrogen) atoms. The molecule has 0 fully saturated rings. The smallest absolute Gasteiger partial charge is 0.125 e. The second kappa shape index (κ2) is 6.11. The Morgan fingerprint density at radius 3 is 2.73 bits per heavy atom. The monoisotopic (exact) mass is 273 g/mol. The van der Waals surface area contributed by atoms with Gasteiger partial charge in [-0.2, -0.15) is 0 Å². The SMILES string of the molecule is CCN(CC(C)CBr)c1cccc(F)c1. The summed E-state index contributed by atoms with van der Waals surface area (Å²) in [6.07, 6.45) is 0. The van der Waals surface area contributed by atoms with Gasteiger partial charge in [0.25, 0.3) is 0 Å². The van der Waals surface area contributed by atoms with Crippen LogP contribution in [0.25, 0.3) is 0 Å². The molecule has 1 nitrogen and oxygen atoms in total. The van der Waals surface area contributed by atoms with Crippen LogP contribution in [0.3, 0.4) is 0 Å². The highest BCUT2D eigenvalue weighted by atomic mass is 79.9. The summed E-state index contributed by atoms with van der Waals surface area (Å²) < 4.78 is 13.0. The molecule has 1 aromatic carbocycles. The van der Waals surface area contributed by atoms with E-state index in [4.69, 9.17) is 0 Å². The minimum absolute atomic E-state index is 0.169. The van der Waals surface area contributed by atoms with Gasteiger partial charge in [0.05, 0.1) is 0 Å². The zero-order chi connectivity index (χ0) is 11.3. The number of alkyl halides is 1. The highest BCUT2D eigenvalue weighted by molar-refractivity contribution is 9.09. The van der Waals surface area contributed by atoms with Crippen LogP contribution >= 0.6 is 15.9 Å². The fourth-order valence-corrected chi connectivity index (χ4v) is 1.72. The van der Waals surface area contributed by atoms with E-state index in [9.17, 15) is 4.39 Å². The molecule has 1 unspecified atom stereocenters. The lowest BCUT2D eigenvalue weighted by molar-refractivity contribution is 0.615. The van der Waals surface area contributed by atoms with Crippen molar-refractivity contribution in [2.45, 2.75) is 13.8 Å². The molecule has 0 bridgehead atoms. The molecule has 0 aliphatic rings. The van der Waals surface area contributed by atoms with E-state index in [0.29, 0.717) is 5.92 Å². The van der Waals surface area contributed by atoms with Crippen molar-refractivity contribution in [3.8, 4) is 0 Å². The van der Waals surface area contributed by atoms with Crippen LogP contribution in [0.5, 0.6) is 0 Å². The summed E-state index contributed by atoms with van der Waals surface area (Å²) >= 11 is 3.46. The molecule has 1 aromatic rings. The van der Waals surface area contributed by atoms with Crippen molar-refractivity contribution in [3.63, 3.8) is 0 Å². The number of hydrogen-bond acceptors (Lipinski definition) is 1. The van der Waals surface area contributed by atoms with Crippen molar-refractivity contribution in [2.24, 2.45) is 5.92 Å². The Labute approximate surface area is 99.4 Å². The first-order valence-electron chi connectivity index (χ1n) is 5.23. The summed E-state index contributed by atoms with van der Waals surface area (Å²) in [7, 11) is 0. The van der Waals surface area contributed by atoms with Crippen molar-refractivity contribution >= 4 is 21.6 Å². The number of nitrogens with zero attached hydrogens (tertiary/aromatic N) is 1. The molecule has 0 saturated carbocycles. The molecule has 1 rings (SSSR count). The molecule has 1 atom stereocenters. The molecular formula is C12H17BrFN. The summed E-state index contributed by atoms with van der Waals surface area (Å²) in [6, 6.07) is 6.77. The van der Waals surface area contributed by atoms with Crippen molar-refractivity contribution < 1.29 is 4.39 Å². The maximum absolute atomic E-state index is 13.0. The number of rotatable bonds is 5. The normalized spacial score (nSPS) is 12.5. The molecule has 0 radical (unpaired) electrons. The second-order valence-corrected chi connectivity index (χ2v) is 4.43. The van der Waals surface area contributed by atoms with Gasteiger partial charge < -0.3 is 4.90 Å². The van der Waals surface area contributed by atoms with Gasteiger partial charge in [-0.05, 0) is 31.0 Å². The third kappa shape index (κ3) is 3.82. The van der Waals surface area contributed by atoms with Crippen LogP contribution < -0.4 is 4.90 Å². The van der Waals surface area contributed by atoms with E-state index in [0.717, 1.165) is 24.1 Å². The first-order valence-corrected chi connectivity index (χ1v) is 6.36. The average molecular weight is 274 g/mol. The van der Waals surface area contributed by atoms with Crippen molar-refractivity contribution in [1.29, 1.82) is 0 Å². The van der Waals surface area contributed by atoms with Crippen LogP contribution in [-0.4, -0.2) is 18.4 Å². The number of benzene rings is 1. The minimum atomic E-state index is -0.169. The molecule has 0 spiro atoms. The zero-order valence-electron chi connectivity index (χ0n) is 9.21. The Kier molecular flexibility index (Phi) is 5.09. The molecule has 0 saturated heterocycles. The Balaban J connectivity index is 2.73. The Morgan fingerprint density at radius 2 is 2.20 bits per heavy atom. The molecule has 0 aromatic heterocycles. The van der Waals surface area contributed by atoms with Gasteiger partial charge in [-0.25, -0.2) is 4.39 Å². The third-order valence-electron chi connectivity index (χ3n) is 2.35. The van der Waals surface area contributed by atoms with Crippen LogP contribution in [0, 0.1) is 11.7 Å². The molecular weight excluding hydrogens is 257 g/mol. The van der Waals surface area contributed by atoms with Gasteiger partial charge in [-0.1, -0.05) is 28.9 Å². The number of hydrogen-bond donors (Lipinski definition) is 0. The van der Waals surface area contributed by atoms with Crippen LogP contribution in [0.1, 0.15) is 13.8 Å². The van der Waals surface area contributed by atoms with Crippen LogP contribution in [-0.2, 0) is 0 Å². The predicted molar refractivity (Wildman–Crippen MR) is 67.2 cm³/mol. The Morgan fingerprint density at radius 1 is 1.47 bits per heavy atom. The average Bonchev–Trinajstić information content (AvgIpc) is 2.25. The van der Waals surface area contributed by atoms with Crippen LogP contribution in [0.15, 0.2) is 24.3 Å². The van der Waals surface area contributed by atoms with Gasteiger partial charge in [-0.3, -0.25) is 0 Å². The van der Waals surface area contributed by atoms with Crippen LogP contribution in [0.2, 0.25) is 0 Å². The van der Waals surface area contributed by atoms with E-state index < -0.39 is 0 Å². The van der Waals surface area contributed by atoms with E-state index in [1.807, 2.05) is 6.07 Å². The van der Waals surface area contributed by atoms with Gasteiger partial charge in [-0.15, -0.1) is 0 Å². The minimum Gasteiger partial charge on any atom is -0.371 e. The standard InChI is InChI=1S/C12H17BrFN/c1-3-15(9-10(2)8-13)12-6-4-5-11(14)7-12/h4-7,10H,3,8-9H2,1-2H3. The zero-order valence-corrected chi connectivity index (χ0v) is 10.8. The lowest BCUT2D eigenvalue weighted by Gasteiger charge is -2.25. The third-order valence-corrected chi connectivity index (χ3v) is 3.46. The number of anilines is 1. The molecule has 84 valence electrons. The Bertz CT molecular complexity index is 303. The maximum Gasteiger partial charge on any atom is 0.125 e. The molecule has 3 heteroatoms. The second-order valence-electron chi connectivity index (χ2n) is 3.78. The molecule has 0 amide bonds. The molecule has 0 aliphatic carbocycles. The maximum atomic E-state index is 13.0. The first-order chi connectivity index (χ1) is 7.17. The van der Waals surface area contributed by atoms with E-state index in [1.165, 1.54) is 6.07 Å². The summed E-state index contributed by atoms with van der Waals surface area (Å²) in [5.41, 5.74) is 0.963. The van der Waals surface area contributed by atoms with Gasteiger partial charge in [0.1, 0.15) is 5.82 Å². The number of halogens is 2. The Hall–Kier alpha value is -0.570. The van der Waals surface area contributed by atoms with E-state index >= 15 is 0 Å². The van der Waals surface area contributed by atoms with Gasteiger partial charge in [0.15, 0.2) is 0 Å². The lowest BCUT2D eigenvalue weighted by Crippen LogP contribution is -2.28. The largest absolute Gasteiger partial charge is 0.371 e. The first kappa shape index (κ1) is 12.5. The molecule has 0 N–H and O–H groups in total.